The van der Waals surface area contributed by atoms with Gasteiger partial charge in [-0.3, -0.25) is 0 Å². The molecule has 0 fully saturated rings. The van der Waals surface area contributed by atoms with Crippen LogP contribution < -0.4 is 5.84 Å². The topological polar surface area (TPSA) is 43.8 Å². The van der Waals surface area contributed by atoms with Crippen molar-refractivity contribution in [2.75, 3.05) is 5.84 Å². The van der Waals surface area contributed by atoms with Gasteiger partial charge in [0.25, 0.3) is 0 Å². The van der Waals surface area contributed by atoms with Gasteiger partial charge in [0.2, 0.25) is 0 Å². The number of hydrogen-bond donors (Lipinski definition) is 1. The first-order valence-electron chi connectivity index (χ1n) is 3.00. The molecule has 0 atom stereocenters. The van der Waals surface area contributed by atoms with Crippen LogP contribution in [0.3, 0.4) is 0 Å². The Hall–Kier alpha value is -0.990. The summed E-state index contributed by atoms with van der Waals surface area (Å²) in [7, 11) is 0. The van der Waals surface area contributed by atoms with E-state index in [0.29, 0.717) is 5.92 Å². The minimum Gasteiger partial charge on any atom is -0.323 e. The molecule has 0 spiro atoms. The summed E-state index contributed by atoms with van der Waals surface area (Å²) in [6.07, 6.45) is 3.61. The lowest BCUT2D eigenvalue weighted by atomic mass is 10.1. The Balaban J connectivity index is 2.85. The average Bonchev–Trinajstić information content (AvgIpc) is 2.14. The molecule has 2 N–H and O–H groups in total. The van der Waals surface area contributed by atoms with E-state index < -0.39 is 0 Å². The zero-order valence-corrected chi connectivity index (χ0v) is 5.70. The summed E-state index contributed by atoms with van der Waals surface area (Å²) in [4.78, 5) is 1.33. The Bertz CT molecular complexity index is 190. The van der Waals surface area contributed by atoms with Gasteiger partial charge < -0.3 is 5.84 Å². The molecular formula is C6H11N3. The third-order valence-electron chi connectivity index (χ3n) is 1.29. The zero-order valence-electron chi connectivity index (χ0n) is 5.70. The average molecular weight is 125 g/mol. The second-order valence-electron chi connectivity index (χ2n) is 2.41. The van der Waals surface area contributed by atoms with E-state index in [2.05, 4.69) is 18.9 Å². The Labute approximate surface area is 54.4 Å². The Morgan fingerprint density at radius 3 is 2.56 bits per heavy atom. The van der Waals surface area contributed by atoms with Crippen LogP contribution in [-0.2, 0) is 0 Å². The molecule has 0 bridgehead atoms. The monoisotopic (exact) mass is 125 g/mol. The Morgan fingerprint density at radius 2 is 2.33 bits per heavy atom. The van der Waals surface area contributed by atoms with Crippen LogP contribution in [0, 0.1) is 0 Å². The van der Waals surface area contributed by atoms with Gasteiger partial charge in [0.1, 0.15) is 0 Å². The summed E-state index contributed by atoms with van der Waals surface area (Å²) in [5, 5.41) is 3.83. The summed E-state index contributed by atoms with van der Waals surface area (Å²) in [5.41, 5.74) is 1.18. The highest BCUT2D eigenvalue weighted by Gasteiger charge is 1.99. The van der Waals surface area contributed by atoms with E-state index in [9.17, 15) is 0 Å². The lowest BCUT2D eigenvalue weighted by Gasteiger charge is -1.95. The second-order valence-corrected chi connectivity index (χ2v) is 2.41. The fourth-order valence-electron chi connectivity index (χ4n) is 0.651. The van der Waals surface area contributed by atoms with Crippen molar-refractivity contribution in [3.8, 4) is 0 Å². The minimum absolute atomic E-state index is 0.516. The van der Waals surface area contributed by atoms with E-state index in [1.54, 1.807) is 6.20 Å². The van der Waals surface area contributed by atoms with Crippen LogP contribution in [0.2, 0.25) is 0 Å². The smallest absolute Gasteiger partial charge is 0.0545 e. The number of nitrogens with zero attached hydrogens (tertiary/aromatic N) is 2. The lowest BCUT2D eigenvalue weighted by Crippen LogP contribution is -2.07. The lowest BCUT2D eigenvalue weighted by molar-refractivity contribution is 0.825. The molecule has 0 aromatic carbocycles. The highest BCUT2D eigenvalue weighted by molar-refractivity contribution is 5.08. The molecule has 1 aromatic heterocycles. The second kappa shape index (κ2) is 2.09. The summed E-state index contributed by atoms with van der Waals surface area (Å²) in [6, 6.07) is 0. The first-order chi connectivity index (χ1) is 4.20. The molecule has 50 valence electrons. The maximum absolute atomic E-state index is 5.32. The Morgan fingerprint density at radius 1 is 1.67 bits per heavy atom. The fraction of sp³-hybridized carbons (Fsp3) is 0.500. The minimum atomic E-state index is 0.516. The molecular weight excluding hydrogens is 114 g/mol. The third kappa shape index (κ3) is 1.22. The van der Waals surface area contributed by atoms with Gasteiger partial charge >= 0.3 is 0 Å². The van der Waals surface area contributed by atoms with E-state index in [1.165, 1.54) is 10.4 Å². The van der Waals surface area contributed by atoms with Crippen molar-refractivity contribution in [3.05, 3.63) is 18.0 Å². The standard InChI is InChI=1S/C6H11N3/c1-5(2)6-3-8-9(7)4-6/h3-5H,7H2,1-2H3. The maximum Gasteiger partial charge on any atom is 0.0545 e. The molecule has 3 nitrogen and oxygen atoms in total. The van der Waals surface area contributed by atoms with Gasteiger partial charge in [-0.25, -0.2) is 0 Å². The van der Waals surface area contributed by atoms with Crippen LogP contribution >= 0.6 is 0 Å². The van der Waals surface area contributed by atoms with Crippen molar-refractivity contribution in [1.82, 2.24) is 9.89 Å². The van der Waals surface area contributed by atoms with Crippen LogP contribution in [-0.4, -0.2) is 9.89 Å². The third-order valence-corrected chi connectivity index (χ3v) is 1.29. The normalized spacial score (nSPS) is 10.6. The van der Waals surface area contributed by atoms with Gasteiger partial charge in [0, 0.05) is 0 Å². The van der Waals surface area contributed by atoms with Gasteiger partial charge in [0.15, 0.2) is 0 Å². The molecule has 9 heavy (non-hydrogen) atoms. The van der Waals surface area contributed by atoms with E-state index in [1.807, 2.05) is 6.20 Å². The quantitative estimate of drug-likeness (QED) is 0.562. The SMILES string of the molecule is CC(C)c1cnn(N)c1. The fourth-order valence-corrected chi connectivity index (χ4v) is 0.651. The number of nitrogen functional groups attached to an aromatic ring is 1. The molecule has 3 heteroatoms. The number of aromatic nitrogens is 2. The first kappa shape index (κ1) is 6.13. The van der Waals surface area contributed by atoms with Gasteiger partial charge in [-0.1, -0.05) is 13.8 Å². The number of rotatable bonds is 1. The molecule has 1 aromatic rings. The highest BCUT2D eigenvalue weighted by Crippen LogP contribution is 2.10. The van der Waals surface area contributed by atoms with E-state index >= 15 is 0 Å². The molecule has 0 radical (unpaired) electrons. The van der Waals surface area contributed by atoms with Crippen molar-refractivity contribution in [3.63, 3.8) is 0 Å². The predicted octanol–water partition coefficient (Wildman–Crippen LogP) is 0.720. The summed E-state index contributed by atoms with van der Waals surface area (Å²) in [6.45, 7) is 4.22. The highest BCUT2D eigenvalue weighted by atomic mass is 15.5. The maximum atomic E-state index is 5.32. The zero-order chi connectivity index (χ0) is 6.85. The van der Waals surface area contributed by atoms with Crippen molar-refractivity contribution in [1.29, 1.82) is 0 Å². The van der Waals surface area contributed by atoms with Gasteiger partial charge in [0.05, 0.1) is 12.4 Å². The van der Waals surface area contributed by atoms with E-state index in [0.717, 1.165) is 0 Å². The molecule has 0 aliphatic heterocycles. The van der Waals surface area contributed by atoms with Crippen molar-refractivity contribution in [2.45, 2.75) is 19.8 Å². The molecule has 0 aliphatic rings. The molecule has 0 unspecified atom stereocenters. The van der Waals surface area contributed by atoms with Crippen molar-refractivity contribution in [2.24, 2.45) is 0 Å². The predicted molar refractivity (Wildman–Crippen MR) is 36.5 cm³/mol. The van der Waals surface area contributed by atoms with Crippen LogP contribution in [0.1, 0.15) is 25.3 Å². The van der Waals surface area contributed by atoms with Crippen LogP contribution in [0.5, 0.6) is 0 Å². The molecule has 0 aliphatic carbocycles. The summed E-state index contributed by atoms with van der Waals surface area (Å²) < 4.78 is 0. The van der Waals surface area contributed by atoms with E-state index in [-0.39, 0.29) is 0 Å². The van der Waals surface area contributed by atoms with Gasteiger partial charge in [-0.05, 0) is 11.5 Å². The molecule has 0 amide bonds. The largest absolute Gasteiger partial charge is 0.323 e. The summed E-state index contributed by atoms with van der Waals surface area (Å²) >= 11 is 0. The van der Waals surface area contributed by atoms with Crippen molar-refractivity contribution < 1.29 is 0 Å². The molecule has 0 saturated heterocycles. The molecule has 1 rings (SSSR count). The van der Waals surface area contributed by atoms with Crippen LogP contribution in [0.25, 0.3) is 0 Å². The molecule has 0 saturated carbocycles. The Kier molecular flexibility index (Phi) is 1.42. The number of nitrogens with two attached hydrogens (primary N) is 1. The van der Waals surface area contributed by atoms with Crippen LogP contribution in [0.15, 0.2) is 12.4 Å². The first-order valence-corrected chi connectivity index (χ1v) is 3.00. The van der Waals surface area contributed by atoms with Crippen LogP contribution in [0.4, 0.5) is 0 Å². The van der Waals surface area contributed by atoms with Gasteiger partial charge in [-0.2, -0.15) is 9.89 Å². The van der Waals surface area contributed by atoms with Crippen molar-refractivity contribution >= 4 is 0 Å². The molecule has 1 heterocycles. The summed E-state index contributed by atoms with van der Waals surface area (Å²) in [5.74, 6) is 5.84. The van der Waals surface area contributed by atoms with Gasteiger partial charge in [-0.15, -0.1) is 0 Å². The number of hydrogen-bond acceptors (Lipinski definition) is 2. The van der Waals surface area contributed by atoms with E-state index in [4.69, 9.17) is 5.84 Å².